The number of para-hydroxylation sites is 2. The van der Waals surface area contributed by atoms with E-state index in [9.17, 15) is 9.59 Å². The van der Waals surface area contributed by atoms with Crippen molar-refractivity contribution in [2.45, 2.75) is 45.6 Å². The van der Waals surface area contributed by atoms with Gasteiger partial charge in [0.05, 0.1) is 18.1 Å². The maximum absolute atomic E-state index is 12.8. The number of carbonyl (C=O) groups excluding carboxylic acids is 2. The minimum Gasteiger partial charge on any atom is -0.467 e. The third-order valence-corrected chi connectivity index (χ3v) is 4.51. The first-order chi connectivity index (χ1) is 11.5. The number of likely N-dealkylation sites (tertiary alicyclic amines) is 1. The van der Waals surface area contributed by atoms with Gasteiger partial charge in [0.2, 0.25) is 5.91 Å². The molecule has 2 heterocycles. The van der Waals surface area contributed by atoms with Gasteiger partial charge in [0, 0.05) is 6.54 Å². The number of carbonyl (C=O) groups is 2. The zero-order valence-corrected chi connectivity index (χ0v) is 14.9. The number of rotatable bonds is 3. The third kappa shape index (κ3) is 2.88. The van der Waals surface area contributed by atoms with E-state index < -0.39 is 17.4 Å². The largest absolute Gasteiger partial charge is 0.467 e. The van der Waals surface area contributed by atoms with Crippen molar-refractivity contribution >= 4 is 22.9 Å². The highest BCUT2D eigenvalue weighted by Gasteiger charge is 2.48. The summed E-state index contributed by atoms with van der Waals surface area (Å²) in [7, 11) is 1.33. The molecule has 1 saturated heterocycles. The predicted molar refractivity (Wildman–Crippen MR) is 92.6 cm³/mol. The lowest BCUT2D eigenvalue weighted by atomic mass is 9.88. The summed E-state index contributed by atoms with van der Waals surface area (Å²) in [4.78, 5) is 33.9. The summed E-state index contributed by atoms with van der Waals surface area (Å²) in [6.45, 7) is 8.08. The molecule has 1 amide bonds. The number of hydrogen-bond donors (Lipinski definition) is 1. The number of ether oxygens (including phenoxy) is 1. The topological polar surface area (TPSA) is 75.3 Å². The number of aromatic nitrogens is 2. The Bertz CT molecular complexity index is 707. The van der Waals surface area contributed by atoms with Crippen LogP contribution in [0.2, 0.25) is 0 Å². The number of methoxy groups -OCH3 is 1. The quantitative estimate of drug-likeness (QED) is 0.877. The molecule has 1 aromatic carbocycles. The van der Waals surface area contributed by atoms with Gasteiger partial charge in [0.1, 0.15) is 17.3 Å². The van der Waals surface area contributed by atoms with Crippen molar-refractivity contribution in [1.82, 2.24) is 14.9 Å². The Balaban J connectivity index is 0.00000100. The molecule has 1 aromatic heterocycles. The Labute approximate surface area is 142 Å². The van der Waals surface area contributed by atoms with Crippen molar-refractivity contribution in [3.05, 3.63) is 30.1 Å². The van der Waals surface area contributed by atoms with Crippen LogP contribution < -0.4 is 0 Å². The summed E-state index contributed by atoms with van der Waals surface area (Å²) < 4.78 is 4.74. The maximum Gasteiger partial charge on any atom is 0.328 e. The van der Waals surface area contributed by atoms with Crippen LogP contribution in [-0.2, 0) is 19.7 Å². The van der Waals surface area contributed by atoms with Gasteiger partial charge < -0.3 is 14.6 Å². The highest BCUT2D eigenvalue weighted by molar-refractivity contribution is 5.93. The highest BCUT2D eigenvalue weighted by Crippen LogP contribution is 2.35. The minimum absolute atomic E-state index is 0.0931. The molecular weight excluding hydrogens is 306 g/mol. The van der Waals surface area contributed by atoms with E-state index in [-0.39, 0.29) is 5.91 Å². The lowest BCUT2D eigenvalue weighted by Crippen LogP contribution is -2.44. The molecule has 1 fully saturated rings. The second-order valence-corrected chi connectivity index (χ2v) is 5.88. The molecule has 0 aliphatic carbocycles. The molecule has 2 aromatic rings. The fraction of sp³-hybridized carbons (Fsp3) is 0.500. The maximum atomic E-state index is 12.8. The average Bonchev–Trinajstić information content (AvgIpc) is 3.18. The average molecular weight is 331 g/mol. The Hall–Kier alpha value is -2.37. The molecule has 1 N–H and O–H groups in total. The number of H-pyrrole nitrogens is 1. The van der Waals surface area contributed by atoms with E-state index in [1.54, 1.807) is 11.8 Å². The van der Waals surface area contributed by atoms with Gasteiger partial charge in [-0.3, -0.25) is 4.79 Å². The van der Waals surface area contributed by atoms with Crippen molar-refractivity contribution in [3.63, 3.8) is 0 Å². The van der Waals surface area contributed by atoms with Crippen molar-refractivity contribution in [1.29, 1.82) is 0 Å². The van der Waals surface area contributed by atoms with Crippen LogP contribution in [0.3, 0.4) is 0 Å². The van der Waals surface area contributed by atoms with Crippen LogP contribution in [0.4, 0.5) is 0 Å². The zero-order chi connectivity index (χ0) is 17.9. The van der Waals surface area contributed by atoms with Crippen molar-refractivity contribution in [2.24, 2.45) is 0 Å². The fourth-order valence-corrected chi connectivity index (χ4v) is 2.97. The number of benzene rings is 1. The number of nitrogens with zero attached hydrogens (tertiary/aromatic N) is 2. The number of aromatic amines is 1. The summed E-state index contributed by atoms with van der Waals surface area (Å²) in [5.74, 6) is 0.157. The Morgan fingerprint density at radius 1 is 1.38 bits per heavy atom. The minimum atomic E-state index is -0.735. The predicted octanol–water partition coefficient (Wildman–Crippen LogP) is 2.64. The van der Waals surface area contributed by atoms with Gasteiger partial charge in [0.15, 0.2) is 0 Å². The van der Waals surface area contributed by atoms with Gasteiger partial charge in [-0.15, -0.1) is 0 Å². The number of amides is 1. The molecule has 6 nitrogen and oxygen atoms in total. The van der Waals surface area contributed by atoms with Crippen molar-refractivity contribution in [3.8, 4) is 0 Å². The van der Waals surface area contributed by atoms with Crippen LogP contribution in [0.5, 0.6) is 0 Å². The number of esters is 1. The Morgan fingerprint density at radius 2 is 2.04 bits per heavy atom. The van der Waals surface area contributed by atoms with Gasteiger partial charge in [-0.05, 0) is 32.4 Å². The molecule has 0 spiro atoms. The summed E-state index contributed by atoms with van der Waals surface area (Å²) >= 11 is 0. The summed E-state index contributed by atoms with van der Waals surface area (Å²) in [6.07, 6.45) is 0.618. The highest BCUT2D eigenvalue weighted by atomic mass is 16.5. The van der Waals surface area contributed by atoms with Crippen molar-refractivity contribution in [2.75, 3.05) is 13.7 Å². The van der Waals surface area contributed by atoms with Crippen LogP contribution >= 0.6 is 0 Å². The molecular formula is C18H25N3O3. The zero-order valence-electron chi connectivity index (χ0n) is 14.9. The second kappa shape index (κ2) is 7.03. The van der Waals surface area contributed by atoms with Gasteiger partial charge in [-0.25, -0.2) is 9.78 Å². The number of imidazole rings is 1. The Kier molecular flexibility index (Phi) is 5.26. The Morgan fingerprint density at radius 3 is 2.67 bits per heavy atom. The van der Waals surface area contributed by atoms with Crippen LogP contribution in [0.1, 0.15) is 39.9 Å². The van der Waals surface area contributed by atoms with Crippen LogP contribution in [0.15, 0.2) is 24.3 Å². The monoisotopic (exact) mass is 331 g/mol. The first-order valence-electron chi connectivity index (χ1n) is 8.31. The smallest absolute Gasteiger partial charge is 0.328 e. The molecule has 24 heavy (non-hydrogen) atoms. The van der Waals surface area contributed by atoms with E-state index in [1.807, 2.05) is 45.0 Å². The van der Waals surface area contributed by atoms with Gasteiger partial charge in [0.25, 0.3) is 0 Å². The molecule has 0 radical (unpaired) electrons. The molecule has 1 aliphatic heterocycles. The van der Waals surface area contributed by atoms with E-state index in [0.29, 0.717) is 18.8 Å². The van der Waals surface area contributed by atoms with E-state index in [0.717, 1.165) is 11.0 Å². The van der Waals surface area contributed by atoms with E-state index in [4.69, 9.17) is 4.74 Å². The first-order valence-corrected chi connectivity index (χ1v) is 8.31. The van der Waals surface area contributed by atoms with Crippen LogP contribution in [-0.4, -0.2) is 46.4 Å². The van der Waals surface area contributed by atoms with E-state index in [1.165, 1.54) is 7.11 Å². The third-order valence-electron chi connectivity index (χ3n) is 4.51. The van der Waals surface area contributed by atoms with E-state index in [2.05, 4.69) is 9.97 Å². The summed E-state index contributed by atoms with van der Waals surface area (Å²) in [6, 6.07) is 7.10. The van der Waals surface area contributed by atoms with Crippen LogP contribution in [0.25, 0.3) is 11.0 Å². The van der Waals surface area contributed by atoms with Gasteiger partial charge in [-0.1, -0.05) is 26.0 Å². The van der Waals surface area contributed by atoms with Gasteiger partial charge >= 0.3 is 5.97 Å². The van der Waals surface area contributed by atoms with Gasteiger partial charge in [-0.2, -0.15) is 0 Å². The van der Waals surface area contributed by atoms with Crippen LogP contribution in [0, 0.1) is 0 Å². The summed E-state index contributed by atoms with van der Waals surface area (Å²) in [5, 5.41) is 0. The SMILES string of the molecule is CC.COC(=O)[C@@H](C)N1CCC(C)(c2nc3ccccc3[nH]2)C1=O. The molecule has 1 unspecified atom stereocenters. The molecule has 130 valence electrons. The normalized spacial score (nSPS) is 21.4. The number of hydrogen-bond acceptors (Lipinski definition) is 4. The summed E-state index contributed by atoms with van der Waals surface area (Å²) in [5.41, 5.74) is 1.01. The molecule has 6 heteroatoms. The van der Waals surface area contributed by atoms with Crippen molar-refractivity contribution < 1.29 is 14.3 Å². The lowest BCUT2D eigenvalue weighted by molar-refractivity contribution is -0.151. The second-order valence-electron chi connectivity index (χ2n) is 5.88. The van der Waals surface area contributed by atoms with E-state index >= 15 is 0 Å². The lowest BCUT2D eigenvalue weighted by Gasteiger charge is -2.25. The molecule has 0 saturated carbocycles. The molecule has 3 rings (SSSR count). The molecule has 2 atom stereocenters. The fourth-order valence-electron chi connectivity index (χ4n) is 2.97. The first kappa shape index (κ1) is 18.0. The molecule has 0 bridgehead atoms. The standard InChI is InChI=1S/C16H19N3O3.C2H6/c1-10(13(20)22-3)19-9-8-16(2,15(19)21)14-17-11-6-4-5-7-12(11)18-14;1-2/h4-7,10H,8-9H2,1-3H3,(H,17,18);1-2H3/t10-,16?;/m1./s1. The molecule has 1 aliphatic rings. The number of nitrogens with one attached hydrogen (secondary N) is 1. The number of fused-ring (bicyclic) bond motifs is 1.